The van der Waals surface area contributed by atoms with Crippen molar-refractivity contribution in [3.8, 4) is 0 Å². The number of carbonyl (C=O) groups is 2. The fourth-order valence-corrected chi connectivity index (χ4v) is 6.01. The molecule has 1 N–H and O–H groups in total. The number of rotatable bonds is 4. The fourth-order valence-electron chi connectivity index (χ4n) is 4.95. The van der Waals surface area contributed by atoms with Crippen molar-refractivity contribution in [2.24, 2.45) is 0 Å². The summed E-state index contributed by atoms with van der Waals surface area (Å²) in [7, 11) is 0. The number of aliphatic hydroxyl groups is 1. The average Bonchev–Trinajstić information content (AvgIpc) is 3.40. The molecule has 6 heteroatoms. The summed E-state index contributed by atoms with van der Waals surface area (Å²) in [5, 5.41) is 12.2. The zero-order valence-corrected chi connectivity index (χ0v) is 23.4. The van der Waals surface area contributed by atoms with Gasteiger partial charge in [-0.05, 0) is 66.1 Å². The number of amides is 1. The molecule has 1 aliphatic rings. The van der Waals surface area contributed by atoms with Crippen molar-refractivity contribution in [1.82, 2.24) is 4.98 Å². The molecule has 1 amide bonds. The Balaban J connectivity index is 1.75. The quantitative estimate of drug-likeness (QED) is 0.172. The van der Waals surface area contributed by atoms with Gasteiger partial charge in [0.2, 0.25) is 0 Å². The minimum Gasteiger partial charge on any atom is -0.507 e. The molecular formula is C32H32N2O3S. The van der Waals surface area contributed by atoms with Crippen molar-refractivity contribution < 1.29 is 14.7 Å². The Kier molecular flexibility index (Phi) is 6.48. The van der Waals surface area contributed by atoms with Crippen molar-refractivity contribution in [3.63, 3.8) is 0 Å². The first kappa shape index (κ1) is 25.9. The summed E-state index contributed by atoms with van der Waals surface area (Å²) in [5.74, 6) is -1.55. The maximum atomic E-state index is 13.6. The van der Waals surface area contributed by atoms with Crippen LogP contribution in [0.2, 0.25) is 0 Å². The topological polar surface area (TPSA) is 70.5 Å². The highest BCUT2D eigenvalue weighted by Gasteiger charge is 2.48. The lowest BCUT2D eigenvalue weighted by Crippen LogP contribution is -2.29. The number of hydrogen-bond donors (Lipinski definition) is 1. The predicted octanol–water partition coefficient (Wildman–Crippen LogP) is 7.40. The first-order valence-corrected chi connectivity index (χ1v) is 13.7. The van der Waals surface area contributed by atoms with Crippen LogP contribution >= 0.6 is 11.3 Å². The molecule has 0 saturated carbocycles. The average molecular weight is 525 g/mol. The smallest absolute Gasteiger partial charge is 0.301 e. The molecule has 3 aromatic carbocycles. The zero-order valence-electron chi connectivity index (χ0n) is 22.6. The summed E-state index contributed by atoms with van der Waals surface area (Å²) >= 11 is 1.39. The molecule has 0 bridgehead atoms. The van der Waals surface area contributed by atoms with Crippen molar-refractivity contribution in [2.75, 3.05) is 4.90 Å². The van der Waals surface area contributed by atoms with E-state index in [4.69, 9.17) is 4.98 Å². The van der Waals surface area contributed by atoms with Gasteiger partial charge in [0.05, 0.1) is 21.8 Å². The van der Waals surface area contributed by atoms with Gasteiger partial charge < -0.3 is 5.11 Å². The number of nitrogens with zero attached hydrogens (tertiary/aromatic N) is 2. The molecule has 5 nitrogen and oxygen atoms in total. The number of benzene rings is 3. The van der Waals surface area contributed by atoms with Crippen molar-refractivity contribution >= 4 is 44.1 Å². The highest BCUT2D eigenvalue weighted by atomic mass is 32.1. The van der Waals surface area contributed by atoms with Gasteiger partial charge in [-0.1, -0.05) is 87.1 Å². The molecule has 1 atom stereocenters. The van der Waals surface area contributed by atoms with Gasteiger partial charge in [-0.25, -0.2) is 4.98 Å². The van der Waals surface area contributed by atoms with Crippen LogP contribution in [-0.4, -0.2) is 21.8 Å². The van der Waals surface area contributed by atoms with Crippen LogP contribution in [0.25, 0.3) is 16.0 Å². The molecule has 1 saturated heterocycles. The van der Waals surface area contributed by atoms with E-state index in [1.807, 2.05) is 68.4 Å². The lowest BCUT2D eigenvalue weighted by atomic mass is 9.84. The largest absolute Gasteiger partial charge is 0.507 e. The van der Waals surface area contributed by atoms with Crippen molar-refractivity contribution in [1.29, 1.82) is 0 Å². The lowest BCUT2D eigenvalue weighted by molar-refractivity contribution is -0.132. The van der Waals surface area contributed by atoms with E-state index in [1.165, 1.54) is 21.8 Å². The Morgan fingerprint density at radius 3 is 2.47 bits per heavy atom. The number of aryl methyl sites for hydroxylation is 3. The van der Waals surface area contributed by atoms with Crippen molar-refractivity contribution in [3.05, 3.63) is 99.6 Å². The normalized spacial score (nSPS) is 17.5. The van der Waals surface area contributed by atoms with E-state index in [0.29, 0.717) is 10.7 Å². The molecule has 1 aliphatic heterocycles. The van der Waals surface area contributed by atoms with Crippen LogP contribution in [0.15, 0.2) is 66.2 Å². The van der Waals surface area contributed by atoms with Crippen molar-refractivity contribution in [2.45, 2.75) is 59.4 Å². The Morgan fingerprint density at radius 1 is 1.03 bits per heavy atom. The maximum absolute atomic E-state index is 13.6. The molecule has 5 rings (SSSR count). The molecule has 1 unspecified atom stereocenters. The molecule has 194 valence electrons. The van der Waals surface area contributed by atoms with E-state index in [9.17, 15) is 14.7 Å². The summed E-state index contributed by atoms with van der Waals surface area (Å²) in [6.07, 6.45) is 0.893. The van der Waals surface area contributed by atoms with Crippen LogP contribution < -0.4 is 4.90 Å². The second kappa shape index (κ2) is 9.52. The van der Waals surface area contributed by atoms with Gasteiger partial charge in [-0.2, -0.15) is 0 Å². The number of thiazole rings is 1. The molecule has 0 aliphatic carbocycles. The molecule has 2 heterocycles. The van der Waals surface area contributed by atoms with Gasteiger partial charge in [0, 0.05) is 5.56 Å². The van der Waals surface area contributed by atoms with E-state index in [1.54, 1.807) is 0 Å². The Bertz CT molecular complexity index is 1620. The summed E-state index contributed by atoms with van der Waals surface area (Å²) in [6.45, 7) is 12.3. The van der Waals surface area contributed by atoms with E-state index in [2.05, 4.69) is 33.8 Å². The molecule has 4 aromatic rings. The molecule has 38 heavy (non-hydrogen) atoms. The Labute approximate surface area is 227 Å². The fraction of sp³-hybridized carbons (Fsp3) is 0.281. The minimum atomic E-state index is -0.793. The third-order valence-corrected chi connectivity index (χ3v) is 8.23. The number of anilines is 1. The van der Waals surface area contributed by atoms with Crippen LogP contribution in [0.5, 0.6) is 0 Å². The predicted molar refractivity (Wildman–Crippen MR) is 155 cm³/mol. The van der Waals surface area contributed by atoms with Gasteiger partial charge in [0.25, 0.3) is 5.78 Å². The number of Topliss-reactive ketones (excluding diaryl/α,β-unsaturated/α-hetero) is 1. The summed E-state index contributed by atoms with van der Waals surface area (Å²) in [6, 6.07) is 18.9. The number of aromatic nitrogens is 1. The van der Waals surface area contributed by atoms with E-state index >= 15 is 0 Å². The highest BCUT2D eigenvalue weighted by Crippen LogP contribution is 2.45. The first-order chi connectivity index (χ1) is 18.0. The first-order valence-electron chi connectivity index (χ1n) is 12.9. The van der Waals surface area contributed by atoms with Crippen LogP contribution in [0, 0.1) is 13.8 Å². The van der Waals surface area contributed by atoms with Crippen LogP contribution in [-0.2, 0) is 21.4 Å². The van der Waals surface area contributed by atoms with Crippen LogP contribution in [0.4, 0.5) is 5.13 Å². The molecule has 0 radical (unpaired) electrons. The van der Waals surface area contributed by atoms with Crippen LogP contribution in [0.3, 0.4) is 0 Å². The Hall–Kier alpha value is -3.77. The molecule has 0 spiro atoms. The summed E-state index contributed by atoms with van der Waals surface area (Å²) < 4.78 is 0.956. The third kappa shape index (κ3) is 4.43. The second-order valence-corrected chi connectivity index (χ2v) is 12.0. The zero-order chi connectivity index (χ0) is 27.4. The number of ketones is 1. The van der Waals surface area contributed by atoms with E-state index in [-0.39, 0.29) is 16.7 Å². The van der Waals surface area contributed by atoms with E-state index < -0.39 is 17.7 Å². The van der Waals surface area contributed by atoms with Gasteiger partial charge in [-0.15, -0.1) is 0 Å². The highest BCUT2D eigenvalue weighted by molar-refractivity contribution is 7.22. The van der Waals surface area contributed by atoms with Gasteiger partial charge in [-0.3, -0.25) is 14.5 Å². The Morgan fingerprint density at radius 2 is 1.79 bits per heavy atom. The second-order valence-electron chi connectivity index (χ2n) is 11.0. The van der Waals surface area contributed by atoms with Crippen LogP contribution in [0.1, 0.15) is 67.1 Å². The number of hydrogen-bond acceptors (Lipinski definition) is 5. The SMILES string of the molecule is CCc1ccc2nc(N3C(=O)C(=O)/C(=C(/O)c4cc(C(C)(C)C)ccc4C)C3c3cccc(C)c3)sc2c1. The number of aliphatic hydroxyl groups excluding tert-OH is 1. The maximum Gasteiger partial charge on any atom is 0.301 e. The minimum absolute atomic E-state index is 0.0864. The van der Waals surface area contributed by atoms with Gasteiger partial charge in [0.1, 0.15) is 5.76 Å². The lowest BCUT2D eigenvalue weighted by Gasteiger charge is -2.24. The monoisotopic (exact) mass is 524 g/mol. The van der Waals surface area contributed by atoms with E-state index in [0.717, 1.165) is 38.9 Å². The molecule has 1 aromatic heterocycles. The summed E-state index contributed by atoms with van der Waals surface area (Å²) in [4.78, 5) is 33.5. The third-order valence-electron chi connectivity index (χ3n) is 7.22. The molecule has 1 fully saturated rings. The van der Waals surface area contributed by atoms with Gasteiger partial charge >= 0.3 is 5.91 Å². The number of carbonyl (C=O) groups excluding carboxylic acids is 2. The number of fused-ring (bicyclic) bond motifs is 1. The standard InChI is InChI=1S/C32H32N2O3S/c1-7-20-12-14-24-25(16-20)38-31(33-24)34-27(21-10-8-9-18(2)15-21)26(29(36)30(34)37)28(35)23-17-22(32(4,5)6)13-11-19(23)3/h8-17,27,35H,7H2,1-6H3/b28-26+. The van der Waals surface area contributed by atoms with Gasteiger partial charge in [0.15, 0.2) is 5.13 Å². The molecular weight excluding hydrogens is 492 g/mol. The summed E-state index contributed by atoms with van der Waals surface area (Å²) in [5.41, 5.74) is 6.07.